The normalized spacial score (nSPS) is 22.2. The summed E-state index contributed by atoms with van der Waals surface area (Å²) in [6, 6.07) is 7.29. The number of phenols is 1. The number of rotatable bonds is 5. The topological polar surface area (TPSA) is 133 Å². The van der Waals surface area contributed by atoms with Gasteiger partial charge in [0.1, 0.15) is 18.4 Å². The predicted molar refractivity (Wildman–Crippen MR) is 119 cm³/mol. The second-order valence-electron chi connectivity index (χ2n) is 7.77. The summed E-state index contributed by atoms with van der Waals surface area (Å²) < 4.78 is 35.8. The Labute approximate surface area is 186 Å². The first kappa shape index (κ1) is 20.9. The Balaban J connectivity index is 1.36. The standard InChI is InChI=1S/C20H25N7O4S/c28-15-4-1-3-14(13-15)17-18(27-11-12-31-20(27)25-17)16-5-7-21-19(24-16)22-8-10-26-9-2-6-23-32(26,29)30/h1,3-4,7,13,16,23,28H,2,5-6,8-12H2,(H,22,24). The molecule has 3 aliphatic rings. The van der Waals surface area contributed by atoms with Crippen molar-refractivity contribution in [2.45, 2.75) is 25.4 Å². The molecule has 0 saturated carbocycles. The molecule has 1 aromatic heterocycles. The third-order valence-electron chi connectivity index (χ3n) is 5.63. The fourth-order valence-corrected chi connectivity index (χ4v) is 5.42. The summed E-state index contributed by atoms with van der Waals surface area (Å²) in [5, 5.41) is 13.1. The van der Waals surface area contributed by atoms with Gasteiger partial charge in [0, 0.05) is 44.4 Å². The van der Waals surface area contributed by atoms with Crippen LogP contribution in [0.15, 0.2) is 34.3 Å². The van der Waals surface area contributed by atoms with Crippen LogP contribution in [0.3, 0.4) is 0 Å². The molecule has 0 aliphatic carbocycles. The Morgan fingerprint density at radius 3 is 3.06 bits per heavy atom. The number of hydrogen-bond acceptors (Lipinski definition) is 8. The van der Waals surface area contributed by atoms with Crippen molar-refractivity contribution in [1.82, 2.24) is 23.9 Å². The molecule has 32 heavy (non-hydrogen) atoms. The van der Waals surface area contributed by atoms with Crippen molar-refractivity contribution in [2.24, 2.45) is 9.98 Å². The minimum atomic E-state index is -3.40. The van der Waals surface area contributed by atoms with Crippen LogP contribution in [0.5, 0.6) is 11.8 Å². The number of benzene rings is 1. The molecule has 3 aliphatic heterocycles. The third kappa shape index (κ3) is 4.08. The number of imidazole rings is 1. The summed E-state index contributed by atoms with van der Waals surface area (Å²) in [7, 11) is -3.40. The highest BCUT2D eigenvalue weighted by Gasteiger charge is 2.30. The molecule has 3 N–H and O–H groups in total. The number of phenolic OH excluding ortho intramolecular Hbond substituents is 1. The Morgan fingerprint density at radius 2 is 2.22 bits per heavy atom. The third-order valence-corrected chi connectivity index (χ3v) is 7.24. The van der Waals surface area contributed by atoms with Gasteiger partial charge in [-0.2, -0.15) is 17.7 Å². The highest BCUT2D eigenvalue weighted by Crippen LogP contribution is 2.38. The Kier molecular flexibility index (Phi) is 5.57. The van der Waals surface area contributed by atoms with Crippen molar-refractivity contribution in [2.75, 3.05) is 32.8 Å². The minimum Gasteiger partial charge on any atom is -0.508 e. The van der Waals surface area contributed by atoms with Gasteiger partial charge in [-0.05, 0) is 18.6 Å². The quantitative estimate of drug-likeness (QED) is 0.601. The smallest absolute Gasteiger partial charge is 0.297 e. The number of aliphatic imine (C=N–C) groups is 2. The molecule has 1 atom stereocenters. The van der Waals surface area contributed by atoms with E-state index in [2.05, 4.69) is 20.0 Å². The highest BCUT2D eigenvalue weighted by atomic mass is 32.2. The number of nitrogens with zero attached hydrogens (tertiary/aromatic N) is 5. The van der Waals surface area contributed by atoms with Crippen molar-refractivity contribution in [3.05, 3.63) is 30.0 Å². The zero-order valence-electron chi connectivity index (χ0n) is 17.4. The lowest BCUT2D eigenvalue weighted by atomic mass is 10.0. The van der Waals surface area contributed by atoms with Crippen LogP contribution in [0.2, 0.25) is 0 Å². The Bertz CT molecular complexity index is 1170. The number of hydrogen-bond donors (Lipinski definition) is 3. The second kappa shape index (κ2) is 8.52. The minimum absolute atomic E-state index is 0.167. The van der Waals surface area contributed by atoms with Gasteiger partial charge in [-0.3, -0.25) is 4.57 Å². The van der Waals surface area contributed by atoms with Gasteiger partial charge in [0.05, 0.1) is 17.9 Å². The van der Waals surface area contributed by atoms with E-state index in [1.807, 2.05) is 10.6 Å². The molecular formula is C20H25N7O4S. The van der Waals surface area contributed by atoms with Crippen LogP contribution in [0.1, 0.15) is 24.6 Å². The van der Waals surface area contributed by atoms with Crippen molar-refractivity contribution in [3.8, 4) is 23.0 Å². The largest absolute Gasteiger partial charge is 0.508 e. The summed E-state index contributed by atoms with van der Waals surface area (Å²) in [6.07, 6.45) is 3.19. The van der Waals surface area contributed by atoms with Crippen molar-refractivity contribution in [1.29, 1.82) is 0 Å². The van der Waals surface area contributed by atoms with Crippen LogP contribution in [0.25, 0.3) is 11.3 Å². The number of aromatic nitrogens is 2. The summed E-state index contributed by atoms with van der Waals surface area (Å²) in [4.78, 5) is 13.8. The summed E-state index contributed by atoms with van der Waals surface area (Å²) in [5.74, 6) is 0.626. The van der Waals surface area contributed by atoms with Gasteiger partial charge < -0.3 is 15.2 Å². The molecule has 4 heterocycles. The average Bonchev–Trinajstić information content (AvgIpc) is 3.36. The highest BCUT2D eigenvalue weighted by molar-refractivity contribution is 7.87. The molecule has 0 bridgehead atoms. The number of ether oxygens (including phenoxy) is 1. The van der Waals surface area contributed by atoms with Crippen molar-refractivity contribution < 1.29 is 18.3 Å². The maximum atomic E-state index is 12.1. The maximum Gasteiger partial charge on any atom is 0.297 e. The van der Waals surface area contributed by atoms with Gasteiger partial charge in [-0.15, -0.1) is 0 Å². The summed E-state index contributed by atoms with van der Waals surface area (Å²) in [5.41, 5.74) is 2.43. The zero-order valence-corrected chi connectivity index (χ0v) is 18.3. The van der Waals surface area contributed by atoms with Crippen LogP contribution in [0.4, 0.5) is 0 Å². The Hall–Kier alpha value is -2.96. The van der Waals surface area contributed by atoms with Crippen molar-refractivity contribution >= 4 is 22.4 Å². The van der Waals surface area contributed by atoms with Gasteiger partial charge >= 0.3 is 0 Å². The van der Waals surface area contributed by atoms with Crippen LogP contribution in [-0.2, 0) is 16.8 Å². The molecule has 1 aromatic carbocycles. The second-order valence-corrected chi connectivity index (χ2v) is 9.53. The molecule has 5 rings (SSSR count). The van der Waals surface area contributed by atoms with E-state index in [0.717, 1.165) is 23.4 Å². The lowest BCUT2D eigenvalue weighted by molar-refractivity contribution is 0.345. The molecule has 1 unspecified atom stereocenters. The molecule has 0 radical (unpaired) electrons. The molecule has 1 fully saturated rings. The zero-order chi connectivity index (χ0) is 22.1. The fraction of sp³-hybridized carbons (Fsp3) is 0.450. The average molecular weight is 460 g/mol. The number of guanidine groups is 1. The molecule has 170 valence electrons. The molecule has 0 amide bonds. The fourth-order valence-electron chi connectivity index (χ4n) is 4.13. The van der Waals surface area contributed by atoms with Crippen LogP contribution < -0.4 is 14.8 Å². The van der Waals surface area contributed by atoms with Crippen LogP contribution >= 0.6 is 0 Å². The van der Waals surface area contributed by atoms with E-state index < -0.39 is 10.2 Å². The summed E-state index contributed by atoms with van der Waals surface area (Å²) >= 11 is 0. The maximum absolute atomic E-state index is 12.1. The van der Waals surface area contributed by atoms with Gasteiger partial charge in [0.25, 0.3) is 16.2 Å². The number of aromatic hydroxyl groups is 1. The van der Waals surface area contributed by atoms with Crippen LogP contribution in [0, 0.1) is 0 Å². The number of nitrogens with one attached hydrogen (secondary N) is 2. The first-order valence-corrected chi connectivity index (χ1v) is 12.1. The first-order valence-electron chi connectivity index (χ1n) is 10.6. The van der Waals surface area contributed by atoms with E-state index in [9.17, 15) is 13.5 Å². The van der Waals surface area contributed by atoms with Gasteiger partial charge in [0.15, 0.2) is 0 Å². The van der Waals surface area contributed by atoms with E-state index in [0.29, 0.717) is 57.7 Å². The van der Waals surface area contributed by atoms with Gasteiger partial charge in [-0.1, -0.05) is 12.1 Å². The molecule has 12 heteroatoms. The SMILES string of the molecule is O=S1(=O)NCCCN1CCNC1=NC(c2c(-c3cccc(O)c3)nc3n2CCO3)CC=N1. The number of fused-ring (bicyclic) bond motifs is 1. The lowest BCUT2D eigenvalue weighted by Gasteiger charge is -2.27. The van der Waals surface area contributed by atoms with E-state index in [1.165, 1.54) is 4.31 Å². The summed E-state index contributed by atoms with van der Waals surface area (Å²) in [6.45, 7) is 2.96. The lowest BCUT2D eigenvalue weighted by Crippen LogP contribution is -2.49. The molecular weight excluding hydrogens is 434 g/mol. The molecule has 1 saturated heterocycles. The monoisotopic (exact) mass is 459 g/mol. The molecule has 2 aromatic rings. The van der Waals surface area contributed by atoms with Gasteiger partial charge in [0.2, 0.25) is 5.96 Å². The predicted octanol–water partition coefficient (Wildman–Crippen LogP) is 0.649. The molecule has 11 nitrogen and oxygen atoms in total. The molecule has 0 spiro atoms. The van der Waals surface area contributed by atoms with E-state index in [4.69, 9.17) is 9.73 Å². The first-order chi connectivity index (χ1) is 15.5. The van der Waals surface area contributed by atoms with E-state index in [1.54, 1.807) is 24.4 Å². The van der Waals surface area contributed by atoms with Gasteiger partial charge in [-0.25, -0.2) is 14.7 Å². The Morgan fingerprint density at radius 1 is 1.31 bits per heavy atom. The van der Waals surface area contributed by atoms with E-state index in [-0.39, 0.29) is 11.8 Å². The van der Waals surface area contributed by atoms with Crippen LogP contribution in [-0.4, -0.2) is 72.3 Å². The van der Waals surface area contributed by atoms with E-state index >= 15 is 0 Å². The van der Waals surface area contributed by atoms with Crippen molar-refractivity contribution in [3.63, 3.8) is 0 Å².